The Labute approximate surface area is 237 Å². The van der Waals surface area contributed by atoms with Gasteiger partial charge in [0.1, 0.15) is 6.29 Å². The SMILES string of the molecule is CCCCCCCCCCCCCCCCSC1CC(=O)N(CCOC(C)(C)COC(C)(C)CC=O)C1=O. The summed E-state index contributed by atoms with van der Waals surface area (Å²) in [6.45, 7) is 10.7. The molecule has 1 aliphatic heterocycles. The first-order chi connectivity index (χ1) is 18.1. The van der Waals surface area contributed by atoms with Crippen molar-refractivity contribution in [2.45, 2.75) is 154 Å². The quantitative estimate of drug-likeness (QED) is 0.0659. The van der Waals surface area contributed by atoms with Gasteiger partial charge in [-0.1, -0.05) is 90.4 Å². The Bertz CT molecular complexity index is 667. The summed E-state index contributed by atoms with van der Waals surface area (Å²) < 4.78 is 11.7. The summed E-state index contributed by atoms with van der Waals surface area (Å²) in [7, 11) is 0. The third-order valence-electron chi connectivity index (χ3n) is 7.21. The van der Waals surface area contributed by atoms with Crippen LogP contribution < -0.4 is 0 Å². The Morgan fingerprint density at radius 1 is 0.816 bits per heavy atom. The van der Waals surface area contributed by atoms with Gasteiger partial charge < -0.3 is 14.3 Å². The zero-order valence-electron chi connectivity index (χ0n) is 25.2. The summed E-state index contributed by atoms with van der Waals surface area (Å²) in [6, 6.07) is 0. The lowest BCUT2D eigenvalue weighted by Gasteiger charge is -2.31. The highest BCUT2D eigenvalue weighted by Gasteiger charge is 2.38. The van der Waals surface area contributed by atoms with Crippen molar-refractivity contribution in [3.63, 3.8) is 0 Å². The number of carbonyl (C=O) groups is 3. The Kier molecular flexibility index (Phi) is 18.5. The Morgan fingerprint density at radius 3 is 1.87 bits per heavy atom. The van der Waals surface area contributed by atoms with Crippen LogP contribution in [0.5, 0.6) is 0 Å². The van der Waals surface area contributed by atoms with Crippen LogP contribution in [-0.2, 0) is 23.9 Å². The second-order valence-electron chi connectivity index (χ2n) is 12.1. The number of imide groups is 1. The molecule has 1 rings (SSSR count). The van der Waals surface area contributed by atoms with Crippen LogP contribution in [0.25, 0.3) is 0 Å². The molecule has 38 heavy (non-hydrogen) atoms. The summed E-state index contributed by atoms with van der Waals surface area (Å²) in [5.74, 6) is 0.765. The maximum Gasteiger partial charge on any atom is 0.242 e. The van der Waals surface area contributed by atoms with E-state index in [4.69, 9.17) is 9.47 Å². The van der Waals surface area contributed by atoms with E-state index in [0.29, 0.717) is 19.4 Å². The number of hydrogen-bond donors (Lipinski definition) is 0. The molecule has 0 N–H and O–H groups in total. The maximum atomic E-state index is 12.8. The molecule has 0 aromatic rings. The van der Waals surface area contributed by atoms with E-state index in [1.807, 2.05) is 27.7 Å². The molecule has 222 valence electrons. The van der Waals surface area contributed by atoms with Crippen LogP contribution >= 0.6 is 11.8 Å². The highest BCUT2D eigenvalue weighted by atomic mass is 32.2. The minimum atomic E-state index is -0.575. The summed E-state index contributed by atoms with van der Waals surface area (Å²) in [5, 5.41) is -0.245. The number of likely N-dealkylation sites (tertiary alicyclic amines) is 1. The molecule has 0 spiro atoms. The van der Waals surface area contributed by atoms with Crippen molar-refractivity contribution in [2.24, 2.45) is 0 Å². The van der Waals surface area contributed by atoms with Crippen molar-refractivity contribution in [2.75, 3.05) is 25.5 Å². The topological polar surface area (TPSA) is 72.9 Å². The second-order valence-corrected chi connectivity index (χ2v) is 13.4. The minimum absolute atomic E-state index is 0.0739. The van der Waals surface area contributed by atoms with E-state index >= 15 is 0 Å². The van der Waals surface area contributed by atoms with Crippen molar-refractivity contribution in [3.8, 4) is 0 Å². The fourth-order valence-electron chi connectivity index (χ4n) is 4.62. The fourth-order valence-corrected chi connectivity index (χ4v) is 5.81. The van der Waals surface area contributed by atoms with Crippen LogP contribution in [0, 0.1) is 0 Å². The number of aldehydes is 1. The number of nitrogens with zero attached hydrogens (tertiary/aromatic N) is 1. The average molecular weight is 556 g/mol. The van der Waals surface area contributed by atoms with Gasteiger partial charge in [-0.05, 0) is 39.9 Å². The van der Waals surface area contributed by atoms with E-state index < -0.39 is 11.2 Å². The number of ether oxygens (including phenoxy) is 2. The summed E-state index contributed by atoms with van der Waals surface area (Å²) in [6.07, 6.45) is 20.2. The number of unbranched alkanes of at least 4 members (excludes halogenated alkanes) is 13. The molecule has 7 heteroatoms. The van der Waals surface area contributed by atoms with E-state index in [2.05, 4.69) is 6.92 Å². The number of carbonyl (C=O) groups excluding carboxylic acids is 3. The normalized spacial score (nSPS) is 16.6. The van der Waals surface area contributed by atoms with E-state index in [1.54, 1.807) is 11.8 Å². The minimum Gasteiger partial charge on any atom is -0.372 e. The lowest BCUT2D eigenvalue weighted by Crippen LogP contribution is -2.40. The monoisotopic (exact) mass is 555 g/mol. The van der Waals surface area contributed by atoms with Crippen molar-refractivity contribution in [1.29, 1.82) is 0 Å². The van der Waals surface area contributed by atoms with Gasteiger partial charge in [-0.3, -0.25) is 14.5 Å². The smallest absolute Gasteiger partial charge is 0.242 e. The van der Waals surface area contributed by atoms with Gasteiger partial charge in [0.05, 0.1) is 36.2 Å². The van der Waals surface area contributed by atoms with Crippen molar-refractivity contribution in [1.82, 2.24) is 4.90 Å². The molecule has 0 bridgehead atoms. The third-order valence-corrected chi connectivity index (χ3v) is 8.51. The Balaban J connectivity index is 2.08. The number of thioether (sulfide) groups is 1. The average Bonchev–Trinajstić information content (AvgIpc) is 3.13. The zero-order chi connectivity index (χ0) is 28.3. The van der Waals surface area contributed by atoms with Crippen LogP contribution in [0.4, 0.5) is 0 Å². The van der Waals surface area contributed by atoms with E-state index in [1.165, 1.54) is 88.4 Å². The lowest BCUT2D eigenvalue weighted by atomic mass is 10.0. The molecule has 2 amide bonds. The molecule has 1 unspecified atom stereocenters. The predicted octanol–water partition coefficient (Wildman–Crippen LogP) is 7.51. The number of rotatable bonds is 25. The molecule has 1 saturated heterocycles. The highest BCUT2D eigenvalue weighted by molar-refractivity contribution is 8.00. The van der Waals surface area contributed by atoms with Gasteiger partial charge >= 0.3 is 0 Å². The first kappa shape index (κ1) is 35.1. The molecule has 1 heterocycles. The lowest BCUT2D eigenvalue weighted by molar-refractivity contribution is -0.144. The molecule has 6 nitrogen and oxygen atoms in total. The van der Waals surface area contributed by atoms with Gasteiger partial charge in [0, 0.05) is 12.8 Å². The fraction of sp³-hybridized carbons (Fsp3) is 0.903. The first-order valence-electron chi connectivity index (χ1n) is 15.3. The van der Waals surface area contributed by atoms with Gasteiger partial charge in [-0.2, -0.15) is 0 Å². The van der Waals surface area contributed by atoms with Crippen molar-refractivity contribution < 1.29 is 23.9 Å². The van der Waals surface area contributed by atoms with Crippen molar-refractivity contribution >= 4 is 29.9 Å². The molecule has 1 fully saturated rings. The standard InChI is InChI=1S/C31H57NO5S/c1-6-7-8-9-10-11-12-13-14-15-16-17-18-19-24-38-27-25-28(34)32(29(27)35)21-23-36-31(4,5)26-37-30(2,3)20-22-33/h22,27H,6-21,23-26H2,1-5H3. The highest BCUT2D eigenvalue weighted by Crippen LogP contribution is 2.27. The van der Waals surface area contributed by atoms with Gasteiger partial charge in [0.2, 0.25) is 11.8 Å². The molecular formula is C31H57NO5S. The van der Waals surface area contributed by atoms with Crippen LogP contribution in [0.3, 0.4) is 0 Å². The summed E-state index contributed by atoms with van der Waals surface area (Å²) >= 11 is 1.64. The van der Waals surface area contributed by atoms with E-state index in [9.17, 15) is 14.4 Å². The van der Waals surface area contributed by atoms with Crippen LogP contribution in [0.15, 0.2) is 0 Å². The molecule has 1 aliphatic rings. The zero-order valence-corrected chi connectivity index (χ0v) is 26.0. The molecule has 0 radical (unpaired) electrons. The summed E-state index contributed by atoms with van der Waals surface area (Å²) in [5.41, 5.74) is -1.12. The van der Waals surface area contributed by atoms with Gasteiger partial charge in [-0.25, -0.2) is 0 Å². The maximum absolute atomic E-state index is 12.8. The van der Waals surface area contributed by atoms with Crippen LogP contribution in [-0.4, -0.2) is 65.0 Å². The van der Waals surface area contributed by atoms with E-state index in [0.717, 1.165) is 18.5 Å². The largest absolute Gasteiger partial charge is 0.372 e. The molecule has 0 aromatic heterocycles. The summed E-state index contributed by atoms with van der Waals surface area (Å²) in [4.78, 5) is 37.3. The second kappa shape index (κ2) is 20.0. The number of hydrogen-bond acceptors (Lipinski definition) is 6. The van der Waals surface area contributed by atoms with Crippen LogP contribution in [0.2, 0.25) is 0 Å². The van der Waals surface area contributed by atoms with Crippen LogP contribution in [0.1, 0.15) is 137 Å². The molecular weight excluding hydrogens is 498 g/mol. The van der Waals surface area contributed by atoms with E-state index in [-0.39, 0.29) is 30.2 Å². The molecule has 0 aromatic carbocycles. The Morgan fingerprint density at radius 2 is 1.34 bits per heavy atom. The predicted molar refractivity (Wildman–Crippen MR) is 159 cm³/mol. The van der Waals surface area contributed by atoms with Crippen molar-refractivity contribution in [3.05, 3.63) is 0 Å². The first-order valence-corrected chi connectivity index (χ1v) is 16.3. The van der Waals surface area contributed by atoms with Gasteiger partial charge in [0.15, 0.2) is 0 Å². The molecule has 0 saturated carbocycles. The van der Waals surface area contributed by atoms with Gasteiger partial charge in [-0.15, -0.1) is 11.8 Å². The molecule has 1 atom stereocenters. The van der Waals surface area contributed by atoms with Gasteiger partial charge in [0.25, 0.3) is 0 Å². The third kappa shape index (κ3) is 16.2. The number of amides is 2. The molecule has 0 aliphatic carbocycles. The Hall–Kier alpha value is -0.920.